The van der Waals surface area contributed by atoms with Gasteiger partial charge in [-0.1, -0.05) is 112 Å². The van der Waals surface area contributed by atoms with Gasteiger partial charge in [0.15, 0.2) is 11.2 Å². The number of ether oxygens (including phenoxy) is 1. The molecule has 6 rings (SSSR count). The minimum absolute atomic E-state index is 0.00783. The molecule has 52 heavy (non-hydrogen) atoms. The summed E-state index contributed by atoms with van der Waals surface area (Å²) in [7, 11) is -4.07. The maximum Gasteiger partial charge on any atom is 0.402 e. The second-order valence-corrected chi connectivity index (χ2v) is 14.7. The van der Waals surface area contributed by atoms with E-state index in [4.69, 9.17) is 24.6 Å². The number of Topliss-reactive ketones (excluding diaryl/α,β-unsaturated/α-hetero) is 1. The molecule has 1 fully saturated rings. The van der Waals surface area contributed by atoms with E-state index in [1.165, 1.54) is 6.33 Å². The second-order valence-electron chi connectivity index (χ2n) is 13.2. The number of ketones is 1. The lowest BCUT2D eigenvalue weighted by molar-refractivity contribution is -0.121. The number of nitrogens with two attached hydrogens (primary N) is 1. The quantitative estimate of drug-likeness (QED) is 0.0715. The van der Waals surface area contributed by atoms with Crippen LogP contribution in [0.15, 0.2) is 102 Å². The number of carbonyl (C=O) groups is 1. The highest BCUT2D eigenvalue weighted by atomic mass is 31.2. The van der Waals surface area contributed by atoms with Gasteiger partial charge in [0.2, 0.25) is 0 Å². The number of benzene rings is 3. The second kappa shape index (κ2) is 15.8. The van der Waals surface area contributed by atoms with E-state index in [9.17, 15) is 14.2 Å². The number of rotatable bonds is 15. The van der Waals surface area contributed by atoms with E-state index in [1.807, 2.05) is 67.6 Å². The predicted molar refractivity (Wildman–Crippen MR) is 195 cm³/mol. The maximum atomic E-state index is 13.1. The smallest absolute Gasteiger partial charge is 0.350 e. The zero-order valence-corrected chi connectivity index (χ0v) is 30.1. The Labute approximate surface area is 301 Å². The molecular formula is C38H42N7O6P. The lowest BCUT2D eigenvalue weighted by Crippen LogP contribution is -2.55. The molecule has 13 nitrogen and oxygen atoms in total. The fraction of sp³-hybridized carbons (Fsp3) is 0.342. The molecule has 3 heterocycles. The number of aromatic amines is 1. The number of fused-ring (bicyclic) bond motifs is 1. The summed E-state index contributed by atoms with van der Waals surface area (Å²) in [4.78, 5) is 37.5. The normalized spacial score (nSPS) is 20.2. The zero-order chi connectivity index (χ0) is 36.9. The van der Waals surface area contributed by atoms with Crippen LogP contribution in [-0.4, -0.2) is 50.7 Å². The molecule has 2 unspecified atom stereocenters. The Morgan fingerprint density at radius 2 is 1.62 bits per heavy atom. The average Bonchev–Trinajstić information content (AvgIpc) is 3.71. The number of nitriles is 1. The van der Waals surface area contributed by atoms with Gasteiger partial charge in [-0.3, -0.25) is 28.5 Å². The van der Waals surface area contributed by atoms with Gasteiger partial charge in [0.05, 0.1) is 50.1 Å². The van der Waals surface area contributed by atoms with Gasteiger partial charge in [-0.15, -0.1) is 0 Å². The van der Waals surface area contributed by atoms with Crippen LogP contribution in [0.1, 0.15) is 55.9 Å². The highest BCUT2D eigenvalue weighted by Gasteiger charge is 2.49. The minimum atomic E-state index is -4.07. The zero-order valence-electron chi connectivity index (χ0n) is 29.2. The number of H-pyrrole nitrogens is 1. The Morgan fingerprint density at radius 3 is 2.15 bits per heavy atom. The first-order chi connectivity index (χ1) is 25.0. The van der Waals surface area contributed by atoms with Crippen molar-refractivity contribution in [3.63, 3.8) is 0 Å². The van der Waals surface area contributed by atoms with Crippen LogP contribution in [0.2, 0.25) is 0 Å². The molecule has 0 bridgehead atoms. The molecule has 0 spiro atoms. The summed E-state index contributed by atoms with van der Waals surface area (Å²) in [6.07, 6.45) is -0.0584. The first kappa shape index (κ1) is 37.0. The molecule has 14 heteroatoms. The van der Waals surface area contributed by atoms with E-state index in [1.54, 1.807) is 18.4 Å². The summed E-state index contributed by atoms with van der Waals surface area (Å²) in [5.41, 5.74) is 7.83. The topological polar surface area (TPSA) is 187 Å². The van der Waals surface area contributed by atoms with E-state index in [0.29, 0.717) is 0 Å². The van der Waals surface area contributed by atoms with Crippen molar-refractivity contribution in [1.29, 1.82) is 5.26 Å². The van der Waals surface area contributed by atoms with E-state index < -0.39 is 37.2 Å². The van der Waals surface area contributed by atoms with Crippen molar-refractivity contribution < 1.29 is 23.1 Å². The Bertz CT molecular complexity index is 2040. The van der Waals surface area contributed by atoms with Gasteiger partial charge in [0, 0.05) is 17.9 Å². The molecule has 5 atom stereocenters. The van der Waals surface area contributed by atoms with E-state index in [0.717, 1.165) is 16.7 Å². The molecule has 1 saturated heterocycles. The van der Waals surface area contributed by atoms with Crippen LogP contribution in [0.25, 0.3) is 11.2 Å². The van der Waals surface area contributed by atoms with E-state index in [2.05, 4.69) is 56.7 Å². The number of nitrogens with zero attached hydrogens (tertiary/aromatic N) is 4. The van der Waals surface area contributed by atoms with Crippen molar-refractivity contribution >= 4 is 24.7 Å². The standard InChI is InChI=1S/C38H42N7O6P/c1-25(2)30(46)22-32-42-35-34(36(47)43-32)41-24-45(35)37-26(3)33(31(51-37)23-50-52(40,48)49-21-13-20-39)44-38(27-14-7-4-8-15-27,28-16-9-5-10-17-28)29-18-11-6-12-19-29/h4-12,14-19,24-26,31,33,37,44H,13,21-23H2,1-3H3,(H2,40,48)(H,42,43,47)/t26-,31-,33?,37-,52?/m1/s1. The van der Waals surface area contributed by atoms with E-state index in [-0.39, 0.29) is 60.7 Å². The average molecular weight is 724 g/mol. The summed E-state index contributed by atoms with van der Waals surface area (Å²) in [5.74, 6) is -0.422. The first-order valence-electron chi connectivity index (χ1n) is 17.2. The lowest BCUT2D eigenvalue weighted by Gasteiger charge is -2.41. The number of carbonyl (C=O) groups excluding carboxylic acids is 1. The van der Waals surface area contributed by atoms with Crippen LogP contribution in [-0.2, 0) is 35.1 Å². The van der Waals surface area contributed by atoms with Crippen molar-refractivity contribution in [2.75, 3.05) is 13.2 Å². The van der Waals surface area contributed by atoms with Crippen molar-refractivity contribution in [3.8, 4) is 6.07 Å². The number of hydrogen-bond donors (Lipinski definition) is 3. The molecule has 270 valence electrons. The van der Waals surface area contributed by atoms with Gasteiger partial charge in [-0.05, 0) is 16.7 Å². The Morgan fingerprint density at radius 1 is 1.04 bits per heavy atom. The number of nitrogens with one attached hydrogen (secondary N) is 2. The van der Waals surface area contributed by atoms with Crippen LogP contribution in [0, 0.1) is 23.2 Å². The summed E-state index contributed by atoms with van der Waals surface area (Å²) >= 11 is 0. The predicted octanol–water partition coefficient (Wildman–Crippen LogP) is 5.38. The highest BCUT2D eigenvalue weighted by Crippen LogP contribution is 2.45. The first-order valence-corrected chi connectivity index (χ1v) is 18.8. The molecule has 0 aliphatic carbocycles. The molecule has 0 saturated carbocycles. The Balaban J connectivity index is 1.46. The molecular weight excluding hydrogens is 681 g/mol. The number of imidazole rings is 1. The number of aromatic nitrogens is 4. The fourth-order valence-corrected chi connectivity index (χ4v) is 7.47. The summed E-state index contributed by atoms with van der Waals surface area (Å²) in [6.45, 7) is 5.20. The summed E-state index contributed by atoms with van der Waals surface area (Å²) in [5, 5.41) is 12.9. The molecule has 4 N–H and O–H groups in total. The monoisotopic (exact) mass is 723 g/mol. The van der Waals surface area contributed by atoms with E-state index >= 15 is 0 Å². The van der Waals surface area contributed by atoms with Crippen LogP contribution in [0.4, 0.5) is 0 Å². The third-order valence-corrected chi connectivity index (χ3v) is 10.4. The molecule has 2 aromatic heterocycles. The minimum Gasteiger partial charge on any atom is -0.350 e. The van der Waals surface area contributed by atoms with Crippen LogP contribution >= 0.6 is 7.75 Å². The van der Waals surface area contributed by atoms with Crippen LogP contribution in [0.5, 0.6) is 0 Å². The fourth-order valence-electron chi connectivity index (χ4n) is 6.70. The number of hydrogen-bond acceptors (Lipinski definition) is 10. The Kier molecular flexibility index (Phi) is 11.3. The summed E-state index contributed by atoms with van der Waals surface area (Å²) in [6, 6.07) is 31.6. The maximum absolute atomic E-state index is 13.1. The van der Waals surface area contributed by atoms with Gasteiger partial charge < -0.3 is 9.72 Å². The molecule has 3 aromatic carbocycles. The molecule has 5 aromatic rings. The van der Waals surface area contributed by atoms with Gasteiger partial charge in [0.25, 0.3) is 5.56 Å². The summed E-state index contributed by atoms with van der Waals surface area (Å²) < 4.78 is 32.6. The van der Waals surface area contributed by atoms with Crippen molar-refractivity contribution in [2.24, 2.45) is 17.3 Å². The lowest BCUT2D eigenvalue weighted by atomic mass is 9.75. The van der Waals surface area contributed by atoms with Crippen molar-refractivity contribution in [1.82, 2.24) is 24.8 Å². The van der Waals surface area contributed by atoms with Gasteiger partial charge in [-0.2, -0.15) is 5.26 Å². The van der Waals surface area contributed by atoms with Crippen molar-refractivity contribution in [2.45, 2.75) is 57.5 Å². The van der Waals surface area contributed by atoms with Crippen LogP contribution in [0.3, 0.4) is 0 Å². The van der Waals surface area contributed by atoms with Gasteiger partial charge in [-0.25, -0.2) is 20.0 Å². The Hall–Kier alpha value is -4.80. The molecule has 1 aliphatic rings. The SMILES string of the molecule is CC(C)C(=O)Cc1nc2c(ncn2[C@@H]2O[C@H](COP(N)(=O)OCCC#N)C(NC(c3ccccc3)(c3ccccc3)c3ccccc3)[C@H]2C)c(=O)[nH]1. The highest BCUT2D eigenvalue weighted by molar-refractivity contribution is 7.51. The molecule has 0 radical (unpaired) electrons. The third-order valence-electron chi connectivity index (χ3n) is 9.38. The van der Waals surface area contributed by atoms with Crippen LogP contribution < -0.4 is 16.4 Å². The molecule has 1 aliphatic heterocycles. The van der Waals surface area contributed by atoms with Crippen molar-refractivity contribution in [3.05, 3.63) is 130 Å². The third kappa shape index (κ3) is 7.68. The largest absolute Gasteiger partial charge is 0.402 e. The van der Waals surface area contributed by atoms with Gasteiger partial charge >= 0.3 is 7.75 Å². The van der Waals surface area contributed by atoms with Gasteiger partial charge in [0.1, 0.15) is 17.8 Å². The molecule has 0 amide bonds.